The molecule has 0 fully saturated rings. The third-order valence-corrected chi connectivity index (χ3v) is 5.44. The van der Waals surface area contributed by atoms with Crippen molar-refractivity contribution in [2.45, 2.75) is 18.0 Å². The average Bonchev–Trinajstić information content (AvgIpc) is 3.03. The number of sulfone groups is 1. The Morgan fingerprint density at radius 2 is 2.04 bits per heavy atom. The van der Waals surface area contributed by atoms with Gasteiger partial charge >= 0.3 is 6.18 Å². The number of hydrogen-bond acceptors (Lipinski definition) is 5. The lowest BCUT2D eigenvalue weighted by Crippen LogP contribution is -2.08. The first-order valence-electron chi connectivity index (χ1n) is 7.45. The van der Waals surface area contributed by atoms with Crippen molar-refractivity contribution in [2.24, 2.45) is 0 Å². The lowest BCUT2D eigenvalue weighted by atomic mass is 10.2. The van der Waals surface area contributed by atoms with Crippen molar-refractivity contribution in [1.82, 2.24) is 19.6 Å². The van der Waals surface area contributed by atoms with Gasteiger partial charge < -0.3 is 0 Å². The summed E-state index contributed by atoms with van der Waals surface area (Å²) in [6.07, 6.45) is -0.572. The van der Waals surface area contributed by atoms with E-state index in [9.17, 15) is 21.6 Å². The highest BCUT2D eigenvalue weighted by Crippen LogP contribution is 2.30. The summed E-state index contributed by atoms with van der Waals surface area (Å²) in [5, 5.41) is 4.06. The molecule has 136 valence electrons. The van der Waals surface area contributed by atoms with Gasteiger partial charge in [0.15, 0.2) is 15.5 Å². The van der Waals surface area contributed by atoms with Crippen LogP contribution in [-0.2, 0) is 16.0 Å². The molecule has 0 spiro atoms. The van der Waals surface area contributed by atoms with Crippen LogP contribution >= 0.6 is 0 Å². The summed E-state index contributed by atoms with van der Waals surface area (Å²) in [5.74, 6) is -0.250. The summed E-state index contributed by atoms with van der Waals surface area (Å²) in [7, 11) is -3.66. The van der Waals surface area contributed by atoms with Gasteiger partial charge in [-0.1, -0.05) is 19.6 Å². The predicted molar refractivity (Wildman–Crippen MR) is 89.0 cm³/mol. The second kappa shape index (κ2) is 6.20. The highest BCUT2D eigenvalue weighted by molar-refractivity contribution is 7.91. The number of nitrogens with zero attached hydrogens (tertiary/aromatic N) is 4. The Labute approximate surface area is 146 Å². The molecule has 10 heteroatoms. The normalized spacial score (nSPS) is 12.5. The van der Waals surface area contributed by atoms with E-state index in [1.807, 2.05) is 0 Å². The van der Waals surface area contributed by atoms with E-state index in [0.717, 1.165) is 22.8 Å². The second-order valence-electron chi connectivity index (χ2n) is 5.37. The molecular weight excluding hydrogens is 369 g/mol. The van der Waals surface area contributed by atoms with Gasteiger partial charge in [0.05, 0.1) is 16.2 Å². The van der Waals surface area contributed by atoms with E-state index >= 15 is 0 Å². The van der Waals surface area contributed by atoms with Crippen LogP contribution in [-0.4, -0.2) is 33.8 Å². The minimum absolute atomic E-state index is 0.0188. The Hall–Kier alpha value is -2.75. The molecule has 3 aromatic rings. The van der Waals surface area contributed by atoms with Gasteiger partial charge in [-0.25, -0.2) is 17.9 Å². The number of halogens is 3. The molecule has 0 saturated carbocycles. The lowest BCUT2D eigenvalue weighted by Gasteiger charge is -2.06. The van der Waals surface area contributed by atoms with Gasteiger partial charge in [0, 0.05) is 12.4 Å². The standard InChI is InChI=1S/C16H13F3N4O2S/c1-3-10-7-12(26(24,25)4-2)14(20-9-10)15-21-13-8-11(16(17,18)19)5-6-23(13)22-15/h3,5-9H,1,4H2,2H3. The number of fused-ring (bicyclic) bond motifs is 1. The highest BCUT2D eigenvalue weighted by Gasteiger charge is 2.31. The number of hydrogen-bond donors (Lipinski definition) is 0. The maximum atomic E-state index is 12.8. The maximum Gasteiger partial charge on any atom is 0.416 e. The van der Waals surface area contributed by atoms with Gasteiger partial charge in [-0.05, 0) is 23.8 Å². The molecule has 0 unspecified atom stereocenters. The molecule has 0 aliphatic carbocycles. The van der Waals surface area contributed by atoms with Crippen molar-refractivity contribution in [2.75, 3.05) is 5.75 Å². The van der Waals surface area contributed by atoms with Gasteiger partial charge in [0.25, 0.3) is 0 Å². The smallest absolute Gasteiger partial charge is 0.251 e. The fourth-order valence-electron chi connectivity index (χ4n) is 2.29. The van der Waals surface area contributed by atoms with Crippen molar-refractivity contribution in [1.29, 1.82) is 0 Å². The Kier molecular flexibility index (Phi) is 4.31. The average molecular weight is 382 g/mol. The summed E-state index contributed by atoms with van der Waals surface area (Å²) in [6, 6.07) is 3.09. The van der Waals surface area contributed by atoms with E-state index < -0.39 is 21.6 Å². The molecule has 0 aromatic carbocycles. The summed E-state index contributed by atoms with van der Waals surface area (Å²) in [4.78, 5) is 8.02. The van der Waals surface area contributed by atoms with Crippen LogP contribution < -0.4 is 0 Å². The summed E-state index contributed by atoms with van der Waals surface area (Å²) < 4.78 is 64.4. The quantitative estimate of drug-likeness (QED) is 0.692. The SMILES string of the molecule is C=Cc1cnc(-c2nc3cc(C(F)(F)F)ccn3n2)c(S(=O)(=O)CC)c1. The highest BCUT2D eigenvalue weighted by atomic mass is 32.2. The number of pyridine rings is 2. The van der Waals surface area contributed by atoms with Crippen LogP contribution in [0.2, 0.25) is 0 Å². The monoisotopic (exact) mass is 382 g/mol. The minimum Gasteiger partial charge on any atom is -0.251 e. The van der Waals surface area contributed by atoms with Gasteiger partial charge in [-0.15, -0.1) is 5.10 Å². The van der Waals surface area contributed by atoms with Crippen molar-refractivity contribution in [3.05, 3.63) is 48.3 Å². The Morgan fingerprint density at radius 1 is 1.31 bits per heavy atom. The Balaban J connectivity index is 2.22. The zero-order valence-corrected chi connectivity index (χ0v) is 14.3. The zero-order valence-electron chi connectivity index (χ0n) is 13.5. The summed E-state index contributed by atoms with van der Waals surface area (Å²) >= 11 is 0. The predicted octanol–water partition coefficient (Wildman–Crippen LogP) is 3.25. The molecule has 3 heterocycles. The molecule has 0 N–H and O–H groups in total. The Morgan fingerprint density at radius 3 is 2.65 bits per heavy atom. The van der Waals surface area contributed by atoms with E-state index in [0.29, 0.717) is 5.56 Å². The molecule has 0 saturated heterocycles. The molecule has 3 rings (SSSR count). The van der Waals surface area contributed by atoms with Crippen LogP contribution in [0.25, 0.3) is 23.2 Å². The second-order valence-corrected chi connectivity index (χ2v) is 7.62. The van der Waals surface area contributed by atoms with Crippen LogP contribution in [0.3, 0.4) is 0 Å². The van der Waals surface area contributed by atoms with Crippen LogP contribution in [0.5, 0.6) is 0 Å². The largest absolute Gasteiger partial charge is 0.416 e. The van der Waals surface area contributed by atoms with Crippen molar-refractivity contribution in [3.63, 3.8) is 0 Å². The van der Waals surface area contributed by atoms with E-state index in [4.69, 9.17) is 0 Å². The Bertz CT molecular complexity index is 1100. The third-order valence-electron chi connectivity index (χ3n) is 3.70. The number of alkyl halides is 3. The first kappa shape index (κ1) is 18.1. The molecule has 6 nitrogen and oxygen atoms in total. The van der Waals surface area contributed by atoms with Crippen molar-refractivity contribution >= 4 is 21.6 Å². The molecule has 0 amide bonds. The van der Waals surface area contributed by atoms with E-state index in [1.54, 1.807) is 0 Å². The van der Waals surface area contributed by atoms with Crippen LogP contribution in [0.1, 0.15) is 18.1 Å². The van der Waals surface area contributed by atoms with Gasteiger partial charge in [-0.2, -0.15) is 13.2 Å². The van der Waals surface area contributed by atoms with E-state index in [-0.39, 0.29) is 27.8 Å². The molecule has 0 aliphatic rings. The van der Waals surface area contributed by atoms with Crippen molar-refractivity contribution in [3.8, 4) is 11.5 Å². The van der Waals surface area contributed by atoms with E-state index in [1.165, 1.54) is 25.3 Å². The fourth-order valence-corrected chi connectivity index (χ4v) is 3.36. The molecule has 0 bridgehead atoms. The fraction of sp³-hybridized carbons (Fsp3) is 0.188. The zero-order chi connectivity index (χ0) is 19.1. The number of aromatic nitrogens is 4. The van der Waals surface area contributed by atoms with E-state index in [2.05, 4.69) is 21.6 Å². The molecule has 0 radical (unpaired) electrons. The van der Waals surface area contributed by atoms with Gasteiger partial charge in [0.1, 0.15) is 5.69 Å². The van der Waals surface area contributed by atoms with Crippen molar-refractivity contribution < 1.29 is 21.6 Å². The lowest BCUT2D eigenvalue weighted by molar-refractivity contribution is -0.137. The van der Waals surface area contributed by atoms with Crippen LogP contribution in [0.4, 0.5) is 13.2 Å². The minimum atomic E-state index is -4.52. The summed E-state index contributed by atoms with van der Waals surface area (Å²) in [5.41, 5.74) is -0.469. The molecule has 0 aliphatic heterocycles. The third kappa shape index (κ3) is 3.19. The topological polar surface area (TPSA) is 77.2 Å². The maximum absolute atomic E-state index is 12.8. The van der Waals surface area contributed by atoms with Gasteiger partial charge in [0.2, 0.25) is 5.82 Å². The summed E-state index contributed by atoms with van der Waals surface area (Å²) in [6.45, 7) is 5.05. The molecule has 0 atom stereocenters. The van der Waals surface area contributed by atoms with Crippen LogP contribution in [0.15, 0.2) is 42.1 Å². The van der Waals surface area contributed by atoms with Gasteiger partial charge in [-0.3, -0.25) is 4.98 Å². The first-order valence-corrected chi connectivity index (χ1v) is 9.10. The first-order chi connectivity index (χ1) is 12.2. The van der Waals surface area contributed by atoms with Crippen LogP contribution in [0, 0.1) is 0 Å². The number of rotatable bonds is 4. The molecular formula is C16H13F3N4O2S. The molecule has 3 aromatic heterocycles. The molecule has 26 heavy (non-hydrogen) atoms.